The van der Waals surface area contributed by atoms with Crippen molar-refractivity contribution in [1.29, 1.82) is 0 Å². The molecule has 23 heavy (non-hydrogen) atoms. The van der Waals surface area contributed by atoms with Gasteiger partial charge in [0.05, 0.1) is 11.3 Å². The predicted octanol–water partition coefficient (Wildman–Crippen LogP) is -0.277. The standard InChI is InChI=1S/C12H9N3O5S3/c16-9(13-15-10(17)6-22-12(15)21)5-14-11(18)7-3-1-2-4-8(7)23(14,19)20/h1-4H,5-6H2,(H,13,16). The Morgan fingerprint density at radius 3 is 2.61 bits per heavy atom. The van der Waals surface area contributed by atoms with E-state index in [1.54, 1.807) is 0 Å². The average molecular weight is 371 g/mol. The molecule has 1 N–H and O–H groups in total. The Bertz CT molecular complexity index is 835. The second-order valence-electron chi connectivity index (χ2n) is 4.63. The fraction of sp³-hybridized carbons (Fsp3) is 0.167. The second kappa shape index (κ2) is 5.58. The number of hydrogen-bond donors (Lipinski definition) is 1. The quantitative estimate of drug-likeness (QED) is 0.729. The molecule has 3 amide bonds. The van der Waals surface area contributed by atoms with Crippen LogP contribution in [-0.4, -0.2) is 52.1 Å². The van der Waals surface area contributed by atoms with Crippen LogP contribution in [0.15, 0.2) is 29.2 Å². The predicted molar refractivity (Wildman–Crippen MR) is 84.7 cm³/mol. The number of hydrogen-bond acceptors (Lipinski definition) is 7. The molecule has 0 spiro atoms. The molecule has 2 heterocycles. The number of carbonyl (C=O) groups excluding carboxylic acids is 3. The molecule has 1 saturated heterocycles. The maximum Gasteiger partial charge on any atom is 0.269 e. The summed E-state index contributed by atoms with van der Waals surface area (Å²) in [4.78, 5) is 35.6. The zero-order valence-electron chi connectivity index (χ0n) is 11.4. The van der Waals surface area contributed by atoms with Gasteiger partial charge in [-0.3, -0.25) is 19.8 Å². The summed E-state index contributed by atoms with van der Waals surface area (Å²) in [7, 11) is -4.07. The number of fused-ring (bicyclic) bond motifs is 1. The second-order valence-corrected chi connectivity index (χ2v) is 8.07. The minimum absolute atomic E-state index is 0.0172. The normalized spacial score (nSPS) is 19.2. The van der Waals surface area contributed by atoms with Crippen molar-refractivity contribution in [2.24, 2.45) is 0 Å². The molecule has 1 fully saturated rings. The molecule has 3 rings (SSSR count). The third-order valence-electron chi connectivity index (χ3n) is 3.19. The highest BCUT2D eigenvalue weighted by molar-refractivity contribution is 8.23. The lowest BCUT2D eigenvalue weighted by molar-refractivity contribution is -0.134. The van der Waals surface area contributed by atoms with Crippen molar-refractivity contribution in [3.05, 3.63) is 29.8 Å². The lowest BCUT2D eigenvalue weighted by Crippen LogP contribution is -2.49. The van der Waals surface area contributed by atoms with Crippen LogP contribution in [-0.2, 0) is 19.6 Å². The molecule has 120 valence electrons. The van der Waals surface area contributed by atoms with Crippen LogP contribution in [0.5, 0.6) is 0 Å². The molecular weight excluding hydrogens is 362 g/mol. The van der Waals surface area contributed by atoms with Crippen molar-refractivity contribution in [2.45, 2.75) is 4.90 Å². The zero-order valence-corrected chi connectivity index (χ0v) is 13.8. The topological polar surface area (TPSA) is 104 Å². The summed E-state index contributed by atoms with van der Waals surface area (Å²) < 4.78 is 25.3. The van der Waals surface area contributed by atoms with Crippen LogP contribution >= 0.6 is 24.0 Å². The minimum Gasteiger partial charge on any atom is -0.272 e. The highest BCUT2D eigenvalue weighted by Crippen LogP contribution is 2.29. The first-order valence-electron chi connectivity index (χ1n) is 6.27. The number of thioether (sulfide) groups is 1. The zero-order chi connectivity index (χ0) is 16.8. The van der Waals surface area contributed by atoms with Gasteiger partial charge in [-0.2, -0.15) is 0 Å². The summed E-state index contributed by atoms with van der Waals surface area (Å²) in [6, 6.07) is 5.71. The summed E-state index contributed by atoms with van der Waals surface area (Å²) in [6.45, 7) is -0.729. The van der Waals surface area contributed by atoms with E-state index in [2.05, 4.69) is 5.43 Å². The Hall–Kier alpha value is -1.98. The Morgan fingerprint density at radius 1 is 1.30 bits per heavy atom. The van der Waals surface area contributed by atoms with Gasteiger partial charge in [-0.1, -0.05) is 36.1 Å². The fourth-order valence-corrected chi connectivity index (χ4v) is 4.64. The highest BCUT2D eigenvalue weighted by Gasteiger charge is 2.42. The van der Waals surface area contributed by atoms with Crippen molar-refractivity contribution in [2.75, 3.05) is 12.3 Å². The smallest absolute Gasteiger partial charge is 0.269 e. The van der Waals surface area contributed by atoms with Crippen LogP contribution < -0.4 is 5.43 Å². The van der Waals surface area contributed by atoms with E-state index in [1.807, 2.05) is 0 Å². The van der Waals surface area contributed by atoms with Crippen molar-refractivity contribution in [3.8, 4) is 0 Å². The van der Waals surface area contributed by atoms with E-state index in [-0.39, 0.29) is 20.5 Å². The Kier molecular flexibility index (Phi) is 3.86. The van der Waals surface area contributed by atoms with E-state index in [0.717, 1.165) is 16.8 Å². The molecule has 8 nitrogen and oxygen atoms in total. The molecule has 2 aliphatic heterocycles. The SMILES string of the molecule is O=C(CN1C(=O)c2ccccc2S1(=O)=O)NN1C(=O)CSC1=S. The Morgan fingerprint density at radius 2 is 2.00 bits per heavy atom. The first-order valence-corrected chi connectivity index (χ1v) is 9.11. The van der Waals surface area contributed by atoms with Crippen molar-refractivity contribution >= 4 is 56.0 Å². The van der Waals surface area contributed by atoms with E-state index >= 15 is 0 Å². The minimum atomic E-state index is -4.07. The third-order valence-corrected chi connectivity index (χ3v) is 6.33. The lowest BCUT2D eigenvalue weighted by atomic mass is 10.2. The van der Waals surface area contributed by atoms with E-state index in [4.69, 9.17) is 12.2 Å². The van der Waals surface area contributed by atoms with Crippen LogP contribution in [0.4, 0.5) is 0 Å². The highest BCUT2D eigenvalue weighted by atomic mass is 32.2. The van der Waals surface area contributed by atoms with Gasteiger partial charge in [-0.05, 0) is 12.1 Å². The van der Waals surface area contributed by atoms with Gasteiger partial charge in [0.15, 0.2) is 4.32 Å². The number of nitrogens with zero attached hydrogens (tertiary/aromatic N) is 2. The molecule has 0 radical (unpaired) electrons. The molecule has 0 aliphatic carbocycles. The number of nitrogens with one attached hydrogen (secondary N) is 1. The molecule has 0 atom stereocenters. The number of benzene rings is 1. The summed E-state index contributed by atoms with van der Waals surface area (Å²) in [5, 5.41) is 0.878. The van der Waals surface area contributed by atoms with Gasteiger partial charge < -0.3 is 0 Å². The van der Waals surface area contributed by atoms with Crippen molar-refractivity contribution in [1.82, 2.24) is 14.7 Å². The third kappa shape index (κ3) is 2.60. The van der Waals surface area contributed by atoms with Crippen LogP contribution in [0.1, 0.15) is 10.4 Å². The summed E-state index contributed by atoms with van der Waals surface area (Å²) >= 11 is 5.98. The van der Waals surface area contributed by atoms with Crippen molar-refractivity contribution in [3.63, 3.8) is 0 Å². The van der Waals surface area contributed by atoms with Crippen LogP contribution in [0.3, 0.4) is 0 Å². The van der Waals surface area contributed by atoms with Gasteiger partial charge in [-0.15, -0.1) is 0 Å². The largest absolute Gasteiger partial charge is 0.272 e. The number of amides is 3. The molecular formula is C12H9N3O5S3. The molecule has 0 bridgehead atoms. The van der Waals surface area contributed by atoms with Gasteiger partial charge in [0.2, 0.25) is 0 Å². The van der Waals surface area contributed by atoms with Crippen molar-refractivity contribution < 1.29 is 22.8 Å². The van der Waals surface area contributed by atoms with Crippen LogP contribution in [0, 0.1) is 0 Å². The van der Waals surface area contributed by atoms with Crippen LogP contribution in [0.25, 0.3) is 0 Å². The molecule has 0 aromatic heterocycles. The number of hydrazine groups is 1. The van der Waals surface area contributed by atoms with Crippen LogP contribution in [0.2, 0.25) is 0 Å². The molecule has 11 heteroatoms. The first-order chi connectivity index (χ1) is 10.8. The molecule has 1 aromatic carbocycles. The van der Waals surface area contributed by atoms with Gasteiger partial charge >= 0.3 is 0 Å². The summed E-state index contributed by atoms with van der Waals surface area (Å²) in [5.74, 6) is -1.91. The van der Waals surface area contributed by atoms with E-state index < -0.39 is 34.3 Å². The van der Waals surface area contributed by atoms with E-state index in [0.29, 0.717) is 4.31 Å². The number of sulfonamides is 1. The van der Waals surface area contributed by atoms with Gasteiger partial charge in [0.1, 0.15) is 11.4 Å². The summed E-state index contributed by atoms with van der Waals surface area (Å²) in [6.07, 6.45) is 0. The molecule has 1 aromatic rings. The Labute approximate surface area is 140 Å². The number of carbonyl (C=O) groups is 3. The summed E-state index contributed by atoms with van der Waals surface area (Å²) in [5.41, 5.74) is 2.23. The fourth-order valence-electron chi connectivity index (χ4n) is 2.14. The van der Waals surface area contributed by atoms with Gasteiger partial charge in [0, 0.05) is 0 Å². The van der Waals surface area contributed by atoms with E-state index in [1.165, 1.54) is 24.3 Å². The maximum absolute atomic E-state index is 12.3. The lowest BCUT2D eigenvalue weighted by Gasteiger charge is -2.19. The average Bonchev–Trinajstić information content (AvgIpc) is 2.92. The van der Waals surface area contributed by atoms with E-state index in [9.17, 15) is 22.8 Å². The monoisotopic (exact) mass is 371 g/mol. The first kappa shape index (κ1) is 15.9. The number of thiocarbonyl (C=S) groups is 1. The maximum atomic E-state index is 12.3. The van der Waals surface area contributed by atoms with Gasteiger partial charge in [0.25, 0.3) is 27.7 Å². The Balaban J connectivity index is 1.79. The molecule has 2 aliphatic rings. The van der Waals surface area contributed by atoms with Gasteiger partial charge in [-0.25, -0.2) is 17.7 Å². The number of rotatable bonds is 3. The molecule has 0 unspecified atom stereocenters. The molecule has 0 saturated carbocycles.